The van der Waals surface area contributed by atoms with E-state index in [2.05, 4.69) is 47.8 Å². The van der Waals surface area contributed by atoms with Gasteiger partial charge in [-0.3, -0.25) is 4.79 Å². The molecule has 1 aromatic heterocycles. The molecule has 2 aromatic rings. The largest absolute Gasteiger partial charge is 0.497 e. The fourth-order valence-electron chi connectivity index (χ4n) is 4.45. The van der Waals surface area contributed by atoms with Gasteiger partial charge in [-0.05, 0) is 61.3 Å². The van der Waals surface area contributed by atoms with Crippen molar-refractivity contribution in [3.63, 3.8) is 0 Å². The van der Waals surface area contributed by atoms with E-state index in [9.17, 15) is 9.59 Å². The van der Waals surface area contributed by atoms with Crippen molar-refractivity contribution in [2.45, 2.75) is 33.6 Å². The van der Waals surface area contributed by atoms with Crippen LogP contribution in [0.15, 0.2) is 60.3 Å². The van der Waals surface area contributed by atoms with Gasteiger partial charge in [0.15, 0.2) is 0 Å². The number of pyridine rings is 1. The summed E-state index contributed by atoms with van der Waals surface area (Å²) in [6.07, 6.45) is 5.25. The Morgan fingerprint density at radius 3 is 2.67 bits per heavy atom. The third-order valence-corrected chi connectivity index (χ3v) is 6.27. The molecule has 3 rings (SSSR count). The van der Waals surface area contributed by atoms with Crippen LogP contribution in [0.5, 0.6) is 5.75 Å². The molecule has 0 saturated heterocycles. The second-order valence-electron chi connectivity index (χ2n) is 8.95. The molecule has 1 heterocycles. The van der Waals surface area contributed by atoms with Gasteiger partial charge in [0, 0.05) is 30.9 Å². The summed E-state index contributed by atoms with van der Waals surface area (Å²) in [4.78, 5) is 29.2. The molecule has 3 unspecified atom stereocenters. The van der Waals surface area contributed by atoms with Crippen LogP contribution in [0.2, 0.25) is 0 Å². The minimum absolute atomic E-state index is 0.0248. The van der Waals surface area contributed by atoms with Gasteiger partial charge in [-0.25, -0.2) is 9.78 Å². The molecular formula is C26H34N4O3. The Labute approximate surface area is 196 Å². The number of allylic oxidation sites excluding steroid dienone is 1. The molecule has 0 spiro atoms. The molecule has 1 aromatic carbocycles. The van der Waals surface area contributed by atoms with Gasteiger partial charge >= 0.3 is 6.03 Å². The number of hydrogen-bond donors (Lipinski definition) is 3. The summed E-state index contributed by atoms with van der Waals surface area (Å²) in [5, 5.41) is 8.75. The van der Waals surface area contributed by atoms with Gasteiger partial charge in [-0.2, -0.15) is 0 Å². The second kappa shape index (κ2) is 11.5. The van der Waals surface area contributed by atoms with E-state index >= 15 is 0 Å². The Kier molecular flexibility index (Phi) is 8.46. The number of methoxy groups -OCH3 is 1. The number of hydrogen-bond acceptors (Lipinski definition) is 4. The van der Waals surface area contributed by atoms with E-state index < -0.39 is 0 Å². The number of nitrogens with zero attached hydrogens (tertiary/aromatic N) is 1. The lowest BCUT2D eigenvalue weighted by molar-refractivity contribution is -0.117. The van der Waals surface area contributed by atoms with Crippen LogP contribution in [0.4, 0.5) is 16.3 Å². The topological polar surface area (TPSA) is 92.4 Å². The van der Waals surface area contributed by atoms with Gasteiger partial charge in [-0.1, -0.05) is 37.6 Å². The van der Waals surface area contributed by atoms with Gasteiger partial charge in [-0.15, -0.1) is 0 Å². The van der Waals surface area contributed by atoms with E-state index in [-0.39, 0.29) is 23.8 Å². The van der Waals surface area contributed by atoms with Gasteiger partial charge < -0.3 is 20.7 Å². The first-order valence-electron chi connectivity index (χ1n) is 11.4. The first kappa shape index (κ1) is 24.3. The van der Waals surface area contributed by atoms with Crippen molar-refractivity contribution in [2.75, 3.05) is 24.3 Å². The van der Waals surface area contributed by atoms with E-state index in [0.29, 0.717) is 42.1 Å². The van der Waals surface area contributed by atoms with Crippen LogP contribution in [0.25, 0.3) is 0 Å². The number of urea groups is 1. The zero-order valence-corrected chi connectivity index (χ0v) is 19.8. The van der Waals surface area contributed by atoms with Crippen molar-refractivity contribution in [1.82, 2.24) is 10.3 Å². The fourth-order valence-corrected chi connectivity index (χ4v) is 4.45. The number of anilines is 2. The lowest BCUT2D eigenvalue weighted by Gasteiger charge is -2.37. The highest BCUT2D eigenvalue weighted by Crippen LogP contribution is 2.38. The number of ether oxygens (including phenoxy) is 1. The van der Waals surface area contributed by atoms with Gasteiger partial charge in [0.2, 0.25) is 5.91 Å². The third kappa shape index (κ3) is 7.07. The van der Waals surface area contributed by atoms with Gasteiger partial charge in [0.25, 0.3) is 0 Å². The lowest BCUT2D eigenvalue weighted by atomic mass is 9.70. The summed E-state index contributed by atoms with van der Waals surface area (Å²) in [6.45, 7) is 7.03. The second-order valence-corrected chi connectivity index (χ2v) is 8.95. The number of amides is 3. The molecule has 0 saturated carbocycles. The maximum atomic E-state index is 12.6. The summed E-state index contributed by atoms with van der Waals surface area (Å²) >= 11 is 0. The maximum Gasteiger partial charge on any atom is 0.319 e. The van der Waals surface area contributed by atoms with Gasteiger partial charge in [0.05, 0.1) is 7.11 Å². The number of benzene rings is 1. The molecule has 0 radical (unpaired) electrons. The van der Waals surface area contributed by atoms with E-state index in [0.717, 1.165) is 6.42 Å². The average Bonchev–Trinajstić information content (AvgIpc) is 2.79. The molecular weight excluding hydrogens is 416 g/mol. The van der Waals surface area contributed by atoms with E-state index in [1.807, 2.05) is 30.3 Å². The third-order valence-electron chi connectivity index (χ3n) is 6.27. The SMILES string of the molecule is COc1cccc(NC(=O)NCC2C=C(C)C(CC(=O)Nc3ccccn3)CC2C(C)C)c1. The Hall–Kier alpha value is -3.35. The molecule has 33 heavy (non-hydrogen) atoms. The van der Waals surface area contributed by atoms with Gasteiger partial charge in [0.1, 0.15) is 11.6 Å². The first-order chi connectivity index (χ1) is 15.9. The number of nitrogens with one attached hydrogen (secondary N) is 3. The summed E-state index contributed by atoms with van der Waals surface area (Å²) in [5.41, 5.74) is 1.88. The Morgan fingerprint density at radius 1 is 1.15 bits per heavy atom. The molecule has 1 aliphatic rings. The number of rotatable bonds is 8. The standard InChI is InChI=1S/C26H34N4O3/c1-17(2)23-13-19(14-25(31)30-24-10-5-6-11-27-24)18(3)12-20(23)16-28-26(32)29-21-8-7-9-22(15-21)33-4/h5-12,15,17,19-20,23H,13-14,16H2,1-4H3,(H,27,30,31)(H2,28,29,32). The molecule has 7 nitrogen and oxygen atoms in total. The Balaban J connectivity index is 1.58. The van der Waals surface area contributed by atoms with Crippen LogP contribution in [0, 0.1) is 23.7 Å². The molecule has 3 amide bonds. The van der Waals surface area contributed by atoms with Crippen molar-refractivity contribution in [2.24, 2.45) is 23.7 Å². The van der Waals surface area contributed by atoms with E-state index in [1.54, 1.807) is 25.4 Å². The highest BCUT2D eigenvalue weighted by Gasteiger charge is 2.32. The molecule has 0 bridgehead atoms. The highest BCUT2D eigenvalue weighted by molar-refractivity contribution is 5.90. The van der Waals surface area contributed by atoms with Crippen molar-refractivity contribution in [3.05, 3.63) is 60.3 Å². The molecule has 7 heteroatoms. The number of aromatic nitrogens is 1. The smallest absolute Gasteiger partial charge is 0.319 e. The highest BCUT2D eigenvalue weighted by atomic mass is 16.5. The quantitative estimate of drug-likeness (QED) is 0.488. The van der Waals surface area contributed by atoms with Crippen LogP contribution in [-0.2, 0) is 4.79 Å². The van der Waals surface area contributed by atoms with Crippen molar-refractivity contribution in [1.29, 1.82) is 0 Å². The molecule has 3 atom stereocenters. The van der Waals surface area contributed by atoms with Crippen LogP contribution >= 0.6 is 0 Å². The minimum atomic E-state index is -0.242. The van der Waals surface area contributed by atoms with E-state index in [4.69, 9.17) is 4.74 Å². The fraction of sp³-hybridized carbons (Fsp3) is 0.423. The normalized spacial score (nSPS) is 20.0. The lowest BCUT2D eigenvalue weighted by Crippen LogP contribution is -2.38. The molecule has 0 aliphatic heterocycles. The van der Waals surface area contributed by atoms with Crippen LogP contribution in [-0.4, -0.2) is 30.6 Å². The van der Waals surface area contributed by atoms with Crippen LogP contribution in [0.3, 0.4) is 0 Å². The predicted octanol–water partition coefficient (Wildman–Crippen LogP) is 5.10. The predicted molar refractivity (Wildman–Crippen MR) is 131 cm³/mol. The molecule has 176 valence electrons. The monoisotopic (exact) mass is 450 g/mol. The number of carbonyl (C=O) groups excluding carboxylic acids is 2. The molecule has 3 N–H and O–H groups in total. The number of carbonyl (C=O) groups is 2. The first-order valence-corrected chi connectivity index (χ1v) is 11.4. The summed E-state index contributed by atoms with van der Waals surface area (Å²) in [7, 11) is 1.60. The summed E-state index contributed by atoms with van der Waals surface area (Å²) in [6, 6.07) is 12.5. The van der Waals surface area contributed by atoms with Crippen LogP contribution in [0.1, 0.15) is 33.6 Å². The summed E-state index contributed by atoms with van der Waals surface area (Å²) < 4.78 is 5.20. The summed E-state index contributed by atoms with van der Waals surface area (Å²) in [5.74, 6) is 2.45. The zero-order valence-electron chi connectivity index (χ0n) is 19.8. The van der Waals surface area contributed by atoms with Crippen molar-refractivity contribution < 1.29 is 14.3 Å². The molecule has 1 aliphatic carbocycles. The van der Waals surface area contributed by atoms with Crippen molar-refractivity contribution >= 4 is 23.4 Å². The van der Waals surface area contributed by atoms with Crippen LogP contribution < -0.4 is 20.7 Å². The Bertz CT molecular complexity index is 975. The molecule has 0 fully saturated rings. The van der Waals surface area contributed by atoms with E-state index in [1.165, 1.54) is 5.57 Å². The van der Waals surface area contributed by atoms with Crippen molar-refractivity contribution in [3.8, 4) is 5.75 Å². The zero-order chi connectivity index (χ0) is 23.8. The average molecular weight is 451 g/mol. The Morgan fingerprint density at radius 2 is 1.97 bits per heavy atom. The minimum Gasteiger partial charge on any atom is -0.497 e. The maximum absolute atomic E-state index is 12.6.